The van der Waals surface area contributed by atoms with Gasteiger partial charge in [0.1, 0.15) is 0 Å². The number of hydrogen-bond donors (Lipinski definition) is 0. The fourth-order valence-corrected chi connectivity index (χ4v) is 2.92. The van der Waals surface area contributed by atoms with Crippen molar-refractivity contribution in [1.82, 2.24) is 4.90 Å². The second-order valence-corrected chi connectivity index (χ2v) is 10.6. The van der Waals surface area contributed by atoms with E-state index in [4.69, 9.17) is 4.43 Å². The smallest absolute Gasteiger partial charge is 0.209 e. The van der Waals surface area contributed by atoms with Crippen LogP contribution in [0.25, 0.3) is 0 Å². The molecule has 0 N–H and O–H groups in total. The summed E-state index contributed by atoms with van der Waals surface area (Å²) in [7, 11) is -1.65. The molecule has 4 heteroatoms. The quantitative estimate of drug-likeness (QED) is 0.549. The number of hydrogen-bond acceptors (Lipinski definition) is 2. The molecule has 1 aliphatic rings. The lowest BCUT2D eigenvalue weighted by Crippen LogP contribution is -2.44. The Morgan fingerprint density at radius 2 is 2.00 bits per heavy atom. The molecule has 88 valence electrons. The first-order valence-electron chi connectivity index (χ1n) is 5.63. The lowest BCUT2D eigenvalue weighted by atomic mass is 10.2. The monoisotopic (exact) mass is 229 g/mol. The van der Waals surface area contributed by atoms with Gasteiger partial charge in [-0.15, -0.1) is 0 Å². The lowest BCUT2D eigenvalue weighted by Gasteiger charge is -2.38. The van der Waals surface area contributed by atoms with Crippen molar-refractivity contribution in [1.29, 1.82) is 0 Å². The third-order valence-corrected chi connectivity index (χ3v) is 8.13. The predicted octanol–water partition coefficient (Wildman–Crippen LogP) is 2.24. The molecular weight excluding hydrogens is 206 g/mol. The summed E-state index contributed by atoms with van der Waals surface area (Å²) in [6, 6.07) is 0. The van der Waals surface area contributed by atoms with Crippen molar-refractivity contribution in [3.8, 4) is 0 Å². The predicted molar refractivity (Wildman–Crippen MR) is 64.3 cm³/mol. The molecule has 0 aromatic rings. The minimum atomic E-state index is -1.65. The number of rotatable bonds is 3. The maximum Gasteiger partial charge on any atom is 0.209 e. The highest BCUT2D eigenvalue weighted by atomic mass is 28.4. The van der Waals surface area contributed by atoms with Crippen molar-refractivity contribution in [2.75, 3.05) is 13.1 Å². The van der Waals surface area contributed by atoms with E-state index in [1.807, 2.05) is 0 Å². The normalized spacial score (nSPS) is 23.3. The van der Waals surface area contributed by atoms with Crippen LogP contribution in [0, 0.1) is 0 Å². The lowest BCUT2D eigenvalue weighted by molar-refractivity contribution is -0.117. The summed E-state index contributed by atoms with van der Waals surface area (Å²) in [5, 5.41) is 0.252. The first-order valence-corrected chi connectivity index (χ1v) is 8.54. The maximum atomic E-state index is 10.6. The molecule has 0 bridgehead atoms. The van der Waals surface area contributed by atoms with E-state index in [1.54, 1.807) is 4.90 Å². The molecule has 3 nitrogen and oxygen atoms in total. The molecule has 1 atom stereocenters. The van der Waals surface area contributed by atoms with Crippen LogP contribution in [0.5, 0.6) is 0 Å². The fraction of sp³-hybridized carbons (Fsp3) is 0.909. The largest absolute Gasteiger partial charge is 0.412 e. The molecule has 1 unspecified atom stereocenters. The Morgan fingerprint density at radius 1 is 1.40 bits per heavy atom. The Kier molecular flexibility index (Phi) is 3.61. The van der Waals surface area contributed by atoms with Crippen molar-refractivity contribution in [3.05, 3.63) is 0 Å². The number of likely N-dealkylation sites (tertiary alicyclic amines) is 1. The second kappa shape index (κ2) is 4.26. The van der Waals surface area contributed by atoms with Crippen LogP contribution in [0.15, 0.2) is 0 Å². The molecule has 1 heterocycles. The Bertz CT molecular complexity index is 235. The summed E-state index contributed by atoms with van der Waals surface area (Å²) in [6.07, 6.45) is 2.18. The standard InChI is InChI=1S/C11H23NO2Si/c1-11(2,3)15(4,5)14-10-6-7-12(8-10)9-13/h9-10H,6-8H2,1-5H3. The van der Waals surface area contributed by atoms with Gasteiger partial charge in [-0.25, -0.2) is 0 Å². The van der Waals surface area contributed by atoms with E-state index >= 15 is 0 Å². The minimum absolute atomic E-state index is 0.252. The van der Waals surface area contributed by atoms with Crippen LogP contribution in [0.3, 0.4) is 0 Å². The Balaban J connectivity index is 2.52. The van der Waals surface area contributed by atoms with E-state index in [1.165, 1.54) is 0 Å². The topological polar surface area (TPSA) is 29.5 Å². The van der Waals surface area contributed by atoms with Crippen LogP contribution in [0.4, 0.5) is 0 Å². The van der Waals surface area contributed by atoms with Crippen molar-refractivity contribution >= 4 is 14.7 Å². The SMILES string of the molecule is CC(C)(C)[Si](C)(C)OC1CCN(C=O)C1. The Hall–Kier alpha value is -0.353. The Morgan fingerprint density at radius 3 is 2.40 bits per heavy atom. The molecule has 0 aliphatic carbocycles. The van der Waals surface area contributed by atoms with E-state index in [-0.39, 0.29) is 11.1 Å². The number of carbonyl (C=O) groups is 1. The fourth-order valence-electron chi connectivity index (χ4n) is 1.54. The van der Waals surface area contributed by atoms with Crippen molar-refractivity contribution in [2.45, 2.75) is 51.4 Å². The van der Waals surface area contributed by atoms with Gasteiger partial charge in [-0.2, -0.15) is 0 Å². The first-order chi connectivity index (χ1) is 6.76. The summed E-state index contributed by atoms with van der Waals surface area (Å²) >= 11 is 0. The van der Waals surface area contributed by atoms with Crippen LogP contribution >= 0.6 is 0 Å². The molecule has 0 saturated carbocycles. The summed E-state index contributed by atoms with van der Waals surface area (Å²) in [5.41, 5.74) is 0. The molecule has 0 aromatic heterocycles. The highest BCUT2D eigenvalue weighted by molar-refractivity contribution is 6.74. The number of nitrogens with zero attached hydrogens (tertiary/aromatic N) is 1. The van der Waals surface area contributed by atoms with Gasteiger partial charge < -0.3 is 9.33 Å². The zero-order valence-corrected chi connectivity index (χ0v) is 11.5. The molecule has 0 aromatic carbocycles. The van der Waals surface area contributed by atoms with Crippen LogP contribution in [0.2, 0.25) is 18.1 Å². The number of carbonyl (C=O) groups excluding carboxylic acids is 1. The van der Waals surface area contributed by atoms with Crippen molar-refractivity contribution in [3.63, 3.8) is 0 Å². The molecule has 1 rings (SSSR count). The van der Waals surface area contributed by atoms with Crippen LogP contribution < -0.4 is 0 Å². The highest BCUT2D eigenvalue weighted by Gasteiger charge is 2.40. The van der Waals surface area contributed by atoms with Gasteiger partial charge in [0.05, 0.1) is 6.10 Å². The van der Waals surface area contributed by atoms with E-state index < -0.39 is 8.32 Å². The van der Waals surface area contributed by atoms with Crippen LogP contribution in [-0.2, 0) is 9.22 Å². The average Bonchev–Trinajstić information content (AvgIpc) is 2.49. The zero-order chi connectivity index (χ0) is 11.7. The summed E-state index contributed by atoms with van der Waals surface area (Å²) in [6.45, 7) is 12.9. The van der Waals surface area contributed by atoms with Gasteiger partial charge in [-0.05, 0) is 24.6 Å². The Labute approximate surface area is 93.9 Å². The second-order valence-electron chi connectivity index (χ2n) is 5.89. The molecule has 1 amide bonds. The summed E-state index contributed by atoms with van der Waals surface area (Å²) in [4.78, 5) is 12.4. The van der Waals surface area contributed by atoms with E-state index in [0.717, 1.165) is 25.9 Å². The zero-order valence-electron chi connectivity index (χ0n) is 10.5. The van der Waals surface area contributed by atoms with Gasteiger partial charge in [0.25, 0.3) is 0 Å². The molecule has 1 fully saturated rings. The molecular formula is C11H23NO2Si. The van der Waals surface area contributed by atoms with Crippen molar-refractivity contribution < 1.29 is 9.22 Å². The van der Waals surface area contributed by atoms with Gasteiger partial charge in [-0.1, -0.05) is 20.8 Å². The van der Waals surface area contributed by atoms with E-state index in [2.05, 4.69) is 33.9 Å². The first kappa shape index (κ1) is 12.7. The highest BCUT2D eigenvalue weighted by Crippen LogP contribution is 2.38. The third-order valence-electron chi connectivity index (χ3n) is 3.59. The summed E-state index contributed by atoms with van der Waals surface area (Å²) in [5.74, 6) is 0. The molecule has 1 aliphatic heterocycles. The molecule has 0 spiro atoms. The molecule has 15 heavy (non-hydrogen) atoms. The number of amides is 1. The molecule has 1 saturated heterocycles. The van der Waals surface area contributed by atoms with Gasteiger partial charge >= 0.3 is 0 Å². The van der Waals surface area contributed by atoms with Gasteiger partial charge in [0.2, 0.25) is 6.41 Å². The van der Waals surface area contributed by atoms with Crippen LogP contribution in [0.1, 0.15) is 27.2 Å². The van der Waals surface area contributed by atoms with Gasteiger partial charge in [-0.3, -0.25) is 4.79 Å². The third kappa shape index (κ3) is 3.05. The molecule has 0 radical (unpaired) electrons. The maximum absolute atomic E-state index is 10.6. The van der Waals surface area contributed by atoms with E-state index in [0.29, 0.717) is 0 Å². The average molecular weight is 229 g/mol. The summed E-state index contributed by atoms with van der Waals surface area (Å²) < 4.78 is 6.23. The minimum Gasteiger partial charge on any atom is -0.412 e. The van der Waals surface area contributed by atoms with Gasteiger partial charge in [0.15, 0.2) is 8.32 Å². The van der Waals surface area contributed by atoms with Gasteiger partial charge in [0, 0.05) is 13.1 Å². The van der Waals surface area contributed by atoms with E-state index in [9.17, 15) is 4.79 Å². The van der Waals surface area contributed by atoms with Crippen molar-refractivity contribution in [2.24, 2.45) is 0 Å². The van der Waals surface area contributed by atoms with Crippen LogP contribution in [-0.4, -0.2) is 38.8 Å².